The van der Waals surface area contributed by atoms with Gasteiger partial charge in [0.25, 0.3) is 5.91 Å². The molecule has 1 aromatic carbocycles. The number of piperidine rings is 1. The lowest BCUT2D eigenvalue weighted by Crippen LogP contribution is -2.45. The first-order valence-corrected chi connectivity index (χ1v) is 12.0. The molecule has 0 radical (unpaired) electrons. The number of likely N-dealkylation sites (tertiary alicyclic amines) is 1. The van der Waals surface area contributed by atoms with E-state index >= 15 is 0 Å². The van der Waals surface area contributed by atoms with E-state index in [0.29, 0.717) is 11.3 Å². The fourth-order valence-electron chi connectivity index (χ4n) is 3.47. The van der Waals surface area contributed by atoms with Gasteiger partial charge in [-0.05, 0) is 38.3 Å². The molecule has 154 valence electrons. The van der Waals surface area contributed by atoms with Crippen LogP contribution in [0.2, 0.25) is 0 Å². The summed E-state index contributed by atoms with van der Waals surface area (Å²) in [6.45, 7) is 2.69. The first-order valence-electron chi connectivity index (χ1n) is 9.40. The number of carbonyl (C=O) groups excluding carboxylic acids is 2. The molecular formula is C20H23N3O4S2. The number of carbonyl (C=O) groups is 2. The van der Waals surface area contributed by atoms with Gasteiger partial charge in [-0.15, -0.1) is 6.42 Å². The second kappa shape index (κ2) is 8.93. The Labute approximate surface area is 174 Å². The predicted octanol–water partition coefficient (Wildman–Crippen LogP) is 1.58. The number of sulfone groups is 1. The summed E-state index contributed by atoms with van der Waals surface area (Å²) in [7, 11) is -3.91. The quantitative estimate of drug-likeness (QED) is 0.670. The molecule has 1 aliphatic rings. The molecule has 0 N–H and O–H groups in total. The van der Waals surface area contributed by atoms with Crippen LogP contribution >= 0.6 is 11.3 Å². The molecule has 0 saturated carbocycles. The number of terminal acetylenes is 1. The molecule has 2 aromatic rings. The van der Waals surface area contributed by atoms with E-state index in [0.717, 1.165) is 29.5 Å². The minimum Gasteiger partial charge on any atom is -0.339 e. The number of hydrogen-bond donors (Lipinski definition) is 0. The van der Waals surface area contributed by atoms with Crippen LogP contribution in [0.5, 0.6) is 0 Å². The lowest BCUT2D eigenvalue weighted by Gasteiger charge is -2.33. The maximum Gasteiger partial charge on any atom is 0.263 e. The molecule has 9 heteroatoms. The summed E-state index contributed by atoms with van der Waals surface area (Å²) in [6.07, 6.45) is 8.18. The zero-order valence-corrected chi connectivity index (χ0v) is 17.8. The number of aromatic nitrogens is 1. The number of benzene rings is 1. The monoisotopic (exact) mass is 433 g/mol. The fraction of sp³-hybridized carbons (Fsp3) is 0.450. The first-order chi connectivity index (χ1) is 13.8. The minimum absolute atomic E-state index is 0.0214. The van der Waals surface area contributed by atoms with Crippen LogP contribution < -0.4 is 4.80 Å². The molecule has 2 amide bonds. The van der Waals surface area contributed by atoms with Crippen LogP contribution in [0, 0.1) is 12.3 Å². The Morgan fingerprint density at radius 1 is 1.28 bits per heavy atom. The number of rotatable bonds is 5. The Bertz CT molecular complexity index is 1140. The van der Waals surface area contributed by atoms with E-state index in [9.17, 15) is 18.0 Å². The third kappa shape index (κ3) is 5.14. The second-order valence-corrected chi connectivity index (χ2v) is 10.2. The lowest BCUT2D eigenvalue weighted by atomic mass is 10.0. The van der Waals surface area contributed by atoms with Gasteiger partial charge in [-0.25, -0.2) is 8.42 Å². The van der Waals surface area contributed by atoms with Crippen molar-refractivity contribution in [2.45, 2.75) is 38.8 Å². The maximum absolute atomic E-state index is 12.4. The smallest absolute Gasteiger partial charge is 0.263 e. The Morgan fingerprint density at radius 3 is 2.76 bits per heavy atom. The van der Waals surface area contributed by atoms with Gasteiger partial charge in [0, 0.05) is 12.6 Å². The Balaban J connectivity index is 1.77. The van der Waals surface area contributed by atoms with Crippen LogP contribution in [-0.2, 0) is 26.0 Å². The van der Waals surface area contributed by atoms with Crippen molar-refractivity contribution in [2.24, 2.45) is 4.99 Å². The van der Waals surface area contributed by atoms with Crippen LogP contribution in [0.1, 0.15) is 26.2 Å². The topological polar surface area (TPSA) is 88.8 Å². The van der Waals surface area contributed by atoms with Gasteiger partial charge in [-0.1, -0.05) is 29.4 Å². The summed E-state index contributed by atoms with van der Waals surface area (Å²) in [6, 6.07) is 7.48. The van der Waals surface area contributed by atoms with Gasteiger partial charge in [0.05, 0.1) is 16.8 Å². The van der Waals surface area contributed by atoms with Gasteiger partial charge in [0.2, 0.25) is 5.91 Å². The molecule has 1 fully saturated rings. The molecule has 0 aliphatic carbocycles. The van der Waals surface area contributed by atoms with Crippen LogP contribution in [0.3, 0.4) is 0 Å². The molecule has 3 rings (SSSR count). The molecule has 1 saturated heterocycles. The molecule has 2 heterocycles. The number of hydrogen-bond acceptors (Lipinski definition) is 5. The van der Waals surface area contributed by atoms with Crippen LogP contribution in [0.25, 0.3) is 10.2 Å². The normalized spacial score (nSPS) is 18.0. The Kier molecular flexibility index (Phi) is 6.55. The van der Waals surface area contributed by atoms with Crippen LogP contribution in [-0.4, -0.2) is 53.8 Å². The van der Waals surface area contributed by atoms with Crippen molar-refractivity contribution in [3.05, 3.63) is 29.1 Å². The van der Waals surface area contributed by atoms with Gasteiger partial charge in [0.15, 0.2) is 14.6 Å². The van der Waals surface area contributed by atoms with Gasteiger partial charge in [-0.3, -0.25) is 9.59 Å². The summed E-state index contributed by atoms with van der Waals surface area (Å²) in [5, 5.41) is 0. The first kappa shape index (κ1) is 21.3. The average molecular weight is 434 g/mol. The summed E-state index contributed by atoms with van der Waals surface area (Å²) in [5.41, 5.74) is 0.833. The summed E-state index contributed by atoms with van der Waals surface area (Å²) < 4.78 is 27.4. The highest BCUT2D eigenvalue weighted by Gasteiger charge is 2.28. The van der Waals surface area contributed by atoms with E-state index < -0.39 is 33.2 Å². The largest absolute Gasteiger partial charge is 0.339 e. The molecule has 7 nitrogen and oxygen atoms in total. The van der Waals surface area contributed by atoms with Crippen molar-refractivity contribution in [3.8, 4) is 12.3 Å². The molecular weight excluding hydrogens is 410 g/mol. The van der Waals surface area contributed by atoms with Crippen LogP contribution in [0.4, 0.5) is 0 Å². The van der Waals surface area contributed by atoms with Gasteiger partial charge in [-0.2, -0.15) is 4.99 Å². The van der Waals surface area contributed by atoms with E-state index in [2.05, 4.69) is 10.9 Å². The number of para-hydroxylation sites is 1. The van der Waals surface area contributed by atoms with E-state index in [4.69, 9.17) is 6.42 Å². The van der Waals surface area contributed by atoms with Gasteiger partial charge < -0.3 is 9.47 Å². The lowest BCUT2D eigenvalue weighted by molar-refractivity contribution is -0.131. The van der Waals surface area contributed by atoms with Crippen molar-refractivity contribution in [2.75, 3.05) is 18.1 Å². The van der Waals surface area contributed by atoms with Crippen LogP contribution in [0.15, 0.2) is 29.3 Å². The van der Waals surface area contributed by atoms with E-state index in [1.807, 2.05) is 31.2 Å². The second-order valence-electron chi connectivity index (χ2n) is 7.11. The highest BCUT2D eigenvalue weighted by molar-refractivity contribution is 7.92. The van der Waals surface area contributed by atoms with Gasteiger partial charge >= 0.3 is 0 Å². The standard InChI is InChI=1S/C20H23N3O4S2/c1-3-11-23-16-9-4-5-10-17(16)28-20(23)21-18(24)13-29(26,27)14-19(25)22-12-7-6-8-15(22)2/h1,4-5,9-10,15H,6-8,11-14H2,2H3. The zero-order valence-electron chi connectivity index (χ0n) is 16.2. The van der Waals surface area contributed by atoms with E-state index in [1.54, 1.807) is 9.47 Å². The third-order valence-corrected chi connectivity index (χ3v) is 7.30. The molecule has 1 unspecified atom stereocenters. The molecule has 1 aromatic heterocycles. The molecule has 0 bridgehead atoms. The summed E-state index contributed by atoms with van der Waals surface area (Å²) in [5.74, 6) is -0.205. The average Bonchev–Trinajstić information content (AvgIpc) is 2.98. The molecule has 0 spiro atoms. The van der Waals surface area contributed by atoms with Crippen molar-refractivity contribution >= 4 is 43.2 Å². The number of amides is 2. The maximum atomic E-state index is 12.4. The number of fused-ring (bicyclic) bond motifs is 1. The predicted molar refractivity (Wildman–Crippen MR) is 113 cm³/mol. The molecule has 1 aliphatic heterocycles. The van der Waals surface area contributed by atoms with Crippen molar-refractivity contribution in [1.82, 2.24) is 9.47 Å². The molecule has 29 heavy (non-hydrogen) atoms. The van der Waals surface area contributed by atoms with Gasteiger partial charge in [0.1, 0.15) is 11.5 Å². The van der Waals surface area contributed by atoms with E-state index in [-0.39, 0.29) is 12.6 Å². The highest BCUT2D eigenvalue weighted by atomic mass is 32.2. The van der Waals surface area contributed by atoms with Crippen molar-refractivity contribution in [3.63, 3.8) is 0 Å². The van der Waals surface area contributed by atoms with E-state index in [1.165, 1.54) is 11.3 Å². The fourth-order valence-corrected chi connectivity index (χ4v) is 5.60. The highest BCUT2D eigenvalue weighted by Crippen LogP contribution is 2.18. The minimum atomic E-state index is -3.91. The Morgan fingerprint density at radius 2 is 2.03 bits per heavy atom. The van der Waals surface area contributed by atoms with Crippen molar-refractivity contribution in [1.29, 1.82) is 0 Å². The Hall–Kier alpha value is -2.44. The molecule has 1 atom stereocenters. The SMILES string of the molecule is C#CCn1c(=NC(=O)CS(=O)(=O)CC(=O)N2CCCCC2C)sc2ccccc21. The third-order valence-electron chi connectivity index (χ3n) is 4.87. The van der Waals surface area contributed by atoms with Crippen molar-refractivity contribution < 1.29 is 18.0 Å². The zero-order chi connectivity index (χ0) is 21.0. The number of thiazole rings is 1. The summed E-state index contributed by atoms with van der Waals surface area (Å²) >= 11 is 1.27. The number of nitrogens with zero attached hydrogens (tertiary/aromatic N) is 3. The summed E-state index contributed by atoms with van der Waals surface area (Å²) in [4.78, 5) is 30.7.